The van der Waals surface area contributed by atoms with Crippen LogP contribution in [0.4, 0.5) is 5.69 Å². The fourth-order valence-corrected chi connectivity index (χ4v) is 1.67. The van der Waals surface area contributed by atoms with Crippen LogP contribution in [0.25, 0.3) is 0 Å². The number of hydrogen-bond donors (Lipinski definition) is 4. The van der Waals surface area contributed by atoms with E-state index in [0.717, 1.165) is 5.56 Å². The molecule has 1 aromatic carbocycles. The highest BCUT2D eigenvalue weighted by Gasteiger charge is 2.05. The molecule has 1 rings (SSSR count). The maximum Gasteiger partial charge on any atom is 0.298 e. The van der Waals surface area contributed by atoms with Crippen LogP contribution in [0.5, 0.6) is 0 Å². The number of nitrogens with one attached hydrogen (secondary N) is 3. The largest absolute Gasteiger partial charge is 0.387 e. The molecule has 0 aromatic heterocycles. The van der Waals surface area contributed by atoms with Gasteiger partial charge in [0.1, 0.15) is 0 Å². The predicted molar refractivity (Wildman–Crippen MR) is 63.7 cm³/mol. The number of benzene rings is 1. The van der Waals surface area contributed by atoms with Gasteiger partial charge in [-0.25, -0.2) is 4.72 Å². The SMILES string of the molecule is CNS(=O)(=O)Nc1ccc(CC(=N)N)cc1. The van der Waals surface area contributed by atoms with E-state index in [1.807, 2.05) is 0 Å². The Morgan fingerprint density at radius 2 is 1.94 bits per heavy atom. The number of rotatable bonds is 5. The van der Waals surface area contributed by atoms with Gasteiger partial charge in [-0.2, -0.15) is 8.42 Å². The van der Waals surface area contributed by atoms with E-state index in [9.17, 15) is 8.42 Å². The fourth-order valence-electron chi connectivity index (χ4n) is 1.12. The Hall–Kier alpha value is -1.60. The van der Waals surface area contributed by atoms with Crippen molar-refractivity contribution in [3.05, 3.63) is 29.8 Å². The molecule has 0 aliphatic rings. The first kappa shape index (κ1) is 12.5. The molecule has 0 saturated carbocycles. The minimum absolute atomic E-state index is 0.0727. The standard InChI is InChI=1S/C9H14N4O2S/c1-12-16(14,15)13-8-4-2-7(3-5-8)6-9(10)11/h2-5,12-13H,6H2,1H3,(H3,10,11). The average Bonchev–Trinajstić information content (AvgIpc) is 2.20. The van der Waals surface area contributed by atoms with Gasteiger partial charge in [-0.3, -0.25) is 10.1 Å². The highest BCUT2D eigenvalue weighted by molar-refractivity contribution is 7.90. The molecule has 0 saturated heterocycles. The quantitative estimate of drug-likeness (QED) is 0.432. The molecule has 0 heterocycles. The number of nitrogens with two attached hydrogens (primary N) is 1. The molecule has 0 aliphatic heterocycles. The second kappa shape index (κ2) is 4.95. The van der Waals surface area contributed by atoms with Gasteiger partial charge in [-0.1, -0.05) is 12.1 Å². The maximum absolute atomic E-state index is 11.2. The van der Waals surface area contributed by atoms with Crippen LogP contribution in [0.3, 0.4) is 0 Å². The molecule has 7 heteroatoms. The minimum Gasteiger partial charge on any atom is -0.387 e. The number of amidine groups is 1. The molecule has 6 nitrogen and oxygen atoms in total. The second-order valence-electron chi connectivity index (χ2n) is 3.21. The third-order valence-corrected chi connectivity index (χ3v) is 2.91. The van der Waals surface area contributed by atoms with Crippen molar-refractivity contribution < 1.29 is 8.42 Å². The summed E-state index contributed by atoms with van der Waals surface area (Å²) in [6.07, 6.45) is 0.360. The predicted octanol–water partition coefficient (Wildman–Crippen LogP) is 0.0412. The van der Waals surface area contributed by atoms with Gasteiger partial charge in [0, 0.05) is 19.2 Å². The molecule has 1 aromatic rings. The first-order chi connectivity index (χ1) is 7.43. The molecular weight excluding hydrogens is 228 g/mol. The van der Waals surface area contributed by atoms with Crippen LogP contribution in [0.1, 0.15) is 5.56 Å². The zero-order chi connectivity index (χ0) is 12.2. The molecule has 0 spiro atoms. The van der Waals surface area contributed by atoms with Crippen LogP contribution in [0.2, 0.25) is 0 Å². The van der Waals surface area contributed by atoms with Crippen LogP contribution in [0, 0.1) is 5.41 Å². The van der Waals surface area contributed by atoms with Crippen molar-refractivity contribution in [1.29, 1.82) is 5.41 Å². The zero-order valence-electron chi connectivity index (χ0n) is 8.82. The van der Waals surface area contributed by atoms with Crippen molar-refractivity contribution >= 4 is 21.7 Å². The molecule has 0 aliphatic carbocycles. The number of anilines is 1. The smallest absolute Gasteiger partial charge is 0.298 e. The van der Waals surface area contributed by atoms with Gasteiger partial charge in [0.2, 0.25) is 0 Å². The third kappa shape index (κ3) is 3.87. The van der Waals surface area contributed by atoms with E-state index in [1.54, 1.807) is 24.3 Å². The maximum atomic E-state index is 11.2. The summed E-state index contributed by atoms with van der Waals surface area (Å²) in [5, 5.41) is 7.12. The van der Waals surface area contributed by atoms with Gasteiger partial charge >= 0.3 is 0 Å². The van der Waals surface area contributed by atoms with E-state index in [1.165, 1.54) is 7.05 Å². The van der Waals surface area contributed by atoms with Crippen LogP contribution < -0.4 is 15.2 Å². The van der Waals surface area contributed by atoms with Crippen molar-refractivity contribution in [2.75, 3.05) is 11.8 Å². The molecule has 0 atom stereocenters. The summed E-state index contributed by atoms with van der Waals surface area (Å²) in [5.74, 6) is 0.0727. The topological polar surface area (TPSA) is 108 Å². The van der Waals surface area contributed by atoms with Crippen LogP contribution >= 0.6 is 0 Å². The average molecular weight is 242 g/mol. The normalized spacial score (nSPS) is 11.1. The van der Waals surface area contributed by atoms with Gasteiger partial charge in [0.15, 0.2) is 0 Å². The van der Waals surface area contributed by atoms with E-state index in [4.69, 9.17) is 11.1 Å². The van der Waals surface area contributed by atoms with E-state index < -0.39 is 10.2 Å². The Labute approximate surface area is 94.5 Å². The molecule has 16 heavy (non-hydrogen) atoms. The van der Waals surface area contributed by atoms with Crippen LogP contribution in [0.15, 0.2) is 24.3 Å². The lowest BCUT2D eigenvalue weighted by molar-refractivity contribution is 0.593. The van der Waals surface area contributed by atoms with Crippen LogP contribution in [-0.4, -0.2) is 21.3 Å². The Kier molecular flexibility index (Phi) is 3.86. The lowest BCUT2D eigenvalue weighted by Gasteiger charge is -2.07. The van der Waals surface area contributed by atoms with Gasteiger partial charge < -0.3 is 5.73 Å². The monoisotopic (exact) mass is 242 g/mol. The van der Waals surface area contributed by atoms with Gasteiger partial charge in [0.05, 0.1) is 5.84 Å². The first-order valence-electron chi connectivity index (χ1n) is 4.56. The van der Waals surface area contributed by atoms with Crippen molar-refractivity contribution in [1.82, 2.24) is 4.72 Å². The minimum atomic E-state index is -3.48. The third-order valence-electron chi connectivity index (χ3n) is 1.87. The molecule has 0 radical (unpaired) electrons. The Morgan fingerprint density at radius 1 is 1.38 bits per heavy atom. The molecule has 0 bridgehead atoms. The summed E-state index contributed by atoms with van der Waals surface area (Å²) in [6.45, 7) is 0. The molecule has 0 amide bonds. The van der Waals surface area contributed by atoms with Gasteiger partial charge in [0.25, 0.3) is 10.2 Å². The Balaban J connectivity index is 2.76. The van der Waals surface area contributed by atoms with Crippen LogP contribution in [-0.2, 0) is 16.6 Å². The Bertz CT molecular complexity index is 467. The van der Waals surface area contributed by atoms with Crippen molar-refractivity contribution in [2.45, 2.75) is 6.42 Å². The highest BCUT2D eigenvalue weighted by Crippen LogP contribution is 2.10. The Morgan fingerprint density at radius 3 is 2.38 bits per heavy atom. The molecule has 0 fully saturated rings. The van der Waals surface area contributed by atoms with Crippen molar-refractivity contribution in [2.24, 2.45) is 5.73 Å². The van der Waals surface area contributed by atoms with Gasteiger partial charge in [-0.15, -0.1) is 0 Å². The van der Waals surface area contributed by atoms with E-state index in [-0.39, 0.29) is 5.84 Å². The summed E-state index contributed by atoms with van der Waals surface area (Å²) in [4.78, 5) is 0. The van der Waals surface area contributed by atoms with Crippen molar-refractivity contribution in [3.63, 3.8) is 0 Å². The summed E-state index contributed by atoms with van der Waals surface area (Å²) in [5.41, 5.74) is 6.57. The highest BCUT2D eigenvalue weighted by atomic mass is 32.2. The summed E-state index contributed by atoms with van der Waals surface area (Å²) in [7, 11) is -2.15. The molecular formula is C9H14N4O2S. The summed E-state index contributed by atoms with van der Waals surface area (Å²) < 4.78 is 26.8. The lowest BCUT2D eigenvalue weighted by atomic mass is 10.1. The number of hydrogen-bond acceptors (Lipinski definition) is 3. The molecule has 5 N–H and O–H groups in total. The zero-order valence-corrected chi connectivity index (χ0v) is 9.64. The van der Waals surface area contributed by atoms with E-state index >= 15 is 0 Å². The van der Waals surface area contributed by atoms with Gasteiger partial charge in [-0.05, 0) is 17.7 Å². The fraction of sp³-hybridized carbons (Fsp3) is 0.222. The lowest BCUT2D eigenvalue weighted by Crippen LogP contribution is -2.26. The van der Waals surface area contributed by atoms with E-state index in [2.05, 4.69) is 9.44 Å². The van der Waals surface area contributed by atoms with Crippen molar-refractivity contribution in [3.8, 4) is 0 Å². The summed E-state index contributed by atoms with van der Waals surface area (Å²) in [6, 6.07) is 6.67. The second-order valence-corrected chi connectivity index (χ2v) is 4.83. The summed E-state index contributed by atoms with van der Waals surface area (Å²) >= 11 is 0. The first-order valence-corrected chi connectivity index (χ1v) is 6.04. The molecule has 88 valence electrons. The molecule has 0 unspecified atom stereocenters. The van der Waals surface area contributed by atoms with E-state index in [0.29, 0.717) is 12.1 Å².